The minimum atomic E-state index is -4.94. The molecule has 0 aliphatic heterocycles. The van der Waals surface area contributed by atoms with Crippen molar-refractivity contribution in [3.05, 3.63) is 343 Å². The number of aromatic nitrogens is 9. The summed E-state index contributed by atoms with van der Waals surface area (Å²) >= 11 is 0. The van der Waals surface area contributed by atoms with Gasteiger partial charge in [-0.3, -0.25) is 59.8 Å². The second-order valence-corrected chi connectivity index (χ2v) is 24.8. The Morgan fingerprint density at radius 1 is 0.250 bits per heavy atom. The second kappa shape index (κ2) is 52.1. The van der Waals surface area contributed by atoms with Crippen molar-refractivity contribution in [3.63, 3.8) is 0 Å². The van der Waals surface area contributed by atoms with Gasteiger partial charge in [0.2, 0.25) is 0 Å². The first kappa shape index (κ1) is 95.0. The summed E-state index contributed by atoms with van der Waals surface area (Å²) in [5, 5.41) is 0. The largest absolute Gasteiger partial charge is 2.00 e. The third-order valence-electron chi connectivity index (χ3n) is 13.7. The molecule has 0 spiro atoms. The van der Waals surface area contributed by atoms with Crippen molar-refractivity contribution in [1.29, 1.82) is 0 Å². The molecule has 9 aromatic heterocycles. The summed E-state index contributed by atoms with van der Waals surface area (Å²) in [4.78, 5) is 53.5. The van der Waals surface area contributed by atoms with Crippen molar-refractivity contribution in [2.24, 2.45) is 15.0 Å². The molecule has 0 unspecified atom stereocenters. The van der Waals surface area contributed by atoms with Gasteiger partial charge in [0.15, 0.2) is 0 Å². The molecule has 0 bridgehead atoms. The zero-order valence-electron chi connectivity index (χ0n) is 59.0. The Morgan fingerprint density at radius 2 is 0.455 bits per heavy atom. The average Bonchev–Trinajstić information content (AvgIpc) is 0.871. The summed E-state index contributed by atoms with van der Waals surface area (Å²) in [6.45, 7) is 2.81. The maximum Gasteiger partial charge on any atom is 2.00 e. The monoisotopic (exact) mass is 1710 g/mol. The molecule has 3 aromatic carbocycles. The molecule has 37 heteroatoms. The normalized spacial score (nSPS) is 11.9. The van der Waals surface area contributed by atoms with Crippen LogP contribution >= 0.6 is 0 Å². The Kier molecular flexibility index (Phi) is 44.2. The Hall–Kier alpha value is -9.33. The molecule has 3 atom stereocenters. The van der Waals surface area contributed by atoms with Gasteiger partial charge >= 0.3 is 39.0 Å². The van der Waals surface area contributed by atoms with Crippen LogP contribution in [0.3, 0.4) is 0 Å². The van der Waals surface area contributed by atoms with Crippen LogP contribution in [0.2, 0.25) is 0 Å². The molecule has 0 aliphatic rings. The van der Waals surface area contributed by atoms with Crippen molar-refractivity contribution in [1.82, 2.24) is 44.9 Å². The van der Waals surface area contributed by atoms with Crippen LogP contribution in [0.1, 0.15) is 68.6 Å². The van der Waals surface area contributed by atoms with E-state index in [0.29, 0.717) is 39.6 Å². The molecule has 0 N–H and O–H groups in total. The van der Waals surface area contributed by atoms with Gasteiger partial charge in [-0.15, -0.1) is 41.0 Å². The Bertz CT molecular complexity index is 4020. The quantitative estimate of drug-likeness (QED) is 0.0408. The summed E-state index contributed by atoms with van der Waals surface area (Å²) in [6, 6.07) is 76.8. The van der Waals surface area contributed by atoms with Crippen LogP contribution in [0.15, 0.2) is 307 Å². The van der Waals surface area contributed by atoms with E-state index in [2.05, 4.69) is 81.3 Å². The molecule has 572 valence electrons. The number of ether oxygens (including phenoxy) is 3. The van der Waals surface area contributed by atoms with Gasteiger partial charge in [-0.05, 0) is 124 Å². The number of pyridine rings is 9. The zero-order valence-corrected chi connectivity index (χ0v) is 67.9. The van der Waals surface area contributed by atoms with E-state index in [9.17, 15) is 0 Å². The van der Waals surface area contributed by atoms with E-state index in [0.717, 1.165) is 84.6 Å². The average molecular weight is 1710 g/mol. The van der Waals surface area contributed by atoms with Crippen molar-refractivity contribution in [3.8, 4) is 34.2 Å². The third-order valence-corrected chi connectivity index (χ3v) is 13.7. The van der Waals surface area contributed by atoms with Crippen LogP contribution in [-0.4, -0.2) is 83.3 Å². The molecular formula is C75H66Cl4N12O19Zn2. The first-order valence-electron chi connectivity index (χ1n) is 31.9. The van der Waals surface area contributed by atoms with Gasteiger partial charge in [0.25, 0.3) is 0 Å². The van der Waals surface area contributed by atoms with Crippen molar-refractivity contribution < 1.29 is 169 Å². The molecule has 112 heavy (non-hydrogen) atoms. The summed E-state index contributed by atoms with van der Waals surface area (Å²) in [5.41, 5.74) is 13.9. The molecule has 0 saturated heterocycles. The molecule has 9 heterocycles. The van der Waals surface area contributed by atoms with Gasteiger partial charge in [-0.2, -0.15) is 0 Å². The molecular weight excluding hydrogens is 1650 g/mol. The Balaban J connectivity index is 0.000000312. The minimum Gasteiger partial charge on any atom is -0.374 e. The van der Waals surface area contributed by atoms with Gasteiger partial charge in [0, 0.05) is 74.4 Å². The number of aliphatic imine (C=N–C) groups is 3. The van der Waals surface area contributed by atoms with Crippen LogP contribution in [0, 0.1) is 41.0 Å². The van der Waals surface area contributed by atoms with E-state index in [1.54, 1.807) is 55.8 Å². The molecule has 0 amide bonds. The first-order valence-corrected chi connectivity index (χ1v) is 36.9. The smallest absolute Gasteiger partial charge is 0.374 e. The van der Waals surface area contributed by atoms with Crippen LogP contribution in [0.5, 0.6) is 0 Å². The molecule has 0 saturated carbocycles. The van der Waals surface area contributed by atoms with Crippen LogP contribution < -0.4 is 74.5 Å². The van der Waals surface area contributed by atoms with Crippen molar-refractivity contribution >= 4 is 18.6 Å². The van der Waals surface area contributed by atoms with E-state index >= 15 is 0 Å². The number of hydrogen-bond donors (Lipinski definition) is 0. The van der Waals surface area contributed by atoms with E-state index in [1.165, 1.54) is 0 Å². The van der Waals surface area contributed by atoms with Gasteiger partial charge in [-0.1, -0.05) is 146 Å². The molecule has 31 nitrogen and oxygen atoms in total. The predicted octanol–water partition coefficient (Wildman–Crippen LogP) is -4.28. The predicted molar refractivity (Wildman–Crippen MR) is 354 cm³/mol. The van der Waals surface area contributed by atoms with Gasteiger partial charge in [-0.25, -0.2) is 74.5 Å². The van der Waals surface area contributed by atoms with Crippen molar-refractivity contribution in [2.75, 3.05) is 19.8 Å². The minimum absolute atomic E-state index is 0. The third kappa shape index (κ3) is 44.6. The van der Waals surface area contributed by atoms with Crippen LogP contribution in [0.4, 0.5) is 0 Å². The van der Waals surface area contributed by atoms with Gasteiger partial charge in [0.05, 0.1) is 109 Å². The fourth-order valence-corrected chi connectivity index (χ4v) is 8.95. The topological polar surface area (TPSA) is 550 Å². The molecule has 0 fully saturated rings. The fourth-order valence-electron chi connectivity index (χ4n) is 8.95. The van der Waals surface area contributed by atoms with Crippen molar-refractivity contribution in [2.45, 2.75) is 37.9 Å². The summed E-state index contributed by atoms with van der Waals surface area (Å²) in [7, 11) is -19.8. The number of benzene rings is 3. The Morgan fingerprint density at radius 3 is 0.643 bits per heavy atom. The van der Waals surface area contributed by atoms with E-state index in [-0.39, 0.29) is 57.1 Å². The summed E-state index contributed by atoms with van der Waals surface area (Å²) < 4.78 is 154. The summed E-state index contributed by atoms with van der Waals surface area (Å²) in [5.74, 6) is 0. The number of nitrogens with zero attached hydrogens (tertiary/aromatic N) is 12. The maximum absolute atomic E-state index is 8.49. The fraction of sp³-hybridized carbons (Fsp3) is 0.120. The van der Waals surface area contributed by atoms with Gasteiger partial charge < -0.3 is 14.2 Å². The Labute approximate surface area is 677 Å². The summed E-state index contributed by atoms with van der Waals surface area (Å²) in [6.07, 6.45) is 21.5. The van der Waals surface area contributed by atoms with Gasteiger partial charge in [0.1, 0.15) is 0 Å². The zero-order chi connectivity index (χ0) is 79.3. The van der Waals surface area contributed by atoms with E-state index in [4.69, 9.17) is 104 Å². The molecule has 12 aromatic rings. The van der Waals surface area contributed by atoms with Crippen LogP contribution in [-0.2, 0) is 73.0 Å². The van der Waals surface area contributed by atoms with E-state index in [1.807, 2.05) is 219 Å². The molecule has 0 aliphatic carbocycles. The number of halogens is 4. The van der Waals surface area contributed by atoms with Crippen LogP contribution in [0.25, 0.3) is 34.2 Å². The maximum atomic E-state index is 8.49. The van der Waals surface area contributed by atoms with E-state index < -0.39 is 41.0 Å². The SMILES string of the molecule is C(=N[C@@H](COCc1ccc(-c2ccccn2)nc1)c1ccccc1)c1ccccn1.C(=N[C@@H](COCc1ccc(-c2ccccn2)nc1)c1ccccc1)c1ccccn1.C(=N[C@@H](COCc1ccc(-c2ccccn2)nc1)c1ccccc1)c1ccccn1.[O-][Cl+3]([O-])([O-])[O-].[O-][Cl+3]([O-])([O-])[O-].[O-][Cl+3]([O-])([O-])[O-].[O-][Cl+3]([O-])([O-])[O-].[Zn+2].[Zn+2]. The second-order valence-electron chi connectivity index (χ2n) is 21.7. The molecule has 12 rings (SSSR count). The molecule has 0 radical (unpaired) electrons. The number of hydrogen-bond acceptors (Lipinski definition) is 31. The first-order chi connectivity index (χ1) is 52.6. The standard InChI is InChI=1S/3C25H22N4O.4ClHO4.2Zn/c3*1-2-8-21(9-3-1)25(29-17-22-10-4-6-14-26-22)19-30-18-20-12-13-24(28-16-20)23-11-5-7-15-27-23;4*2-1(3,4)5;;/h3*1-17,25H,18-19H2;4*(H,2,3,4,5);;/q;;;;;;;2*+2/p-4/t3*25-;;;;;;/m000....../s1. The number of rotatable bonds is 24.